The van der Waals surface area contributed by atoms with Crippen molar-refractivity contribution in [2.75, 3.05) is 14.2 Å². The van der Waals surface area contributed by atoms with Crippen LogP contribution in [0.1, 0.15) is 37.3 Å². The first-order chi connectivity index (χ1) is 10.5. The second-order valence-electron chi connectivity index (χ2n) is 5.77. The number of alkyl halides is 3. The van der Waals surface area contributed by atoms with Gasteiger partial charge in [-0.2, -0.15) is 13.2 Å². The summed E-state index contributed by atoms with van der Waals surface area (Å²) in [5.74, 6) is -0.243. The molecule has 0 fully saturated rings. The van der Waals surface area contributed by atoms with Crippen LogP contribution in [0, 0.1) is 0 Å². The largest absolute Gasteiger partial charge is 0.497 e. The highest BCUT2D eigenvalue weighted by atomic mass is 32.2. The van der Waals surface area contributed by atoms with Crippen molar-refractivity contribution in [1.29, 1.82) is 0 Å². The number of nitrogens with one attached hydrogen (secondary N) is 1. The summed E-state index contributed by atoms with van der Waals surface area (Å²) in [5, 5.41) is 0. The lowest BCUT2D eigenvalue weighted by molar-refractivity contribution is -0.137. The second-order valence-corrected chi connectivity index (χ2v) is 7.82. The van der Waals surface area contributed by atoms with Crippen LogP contribution in [0.2, 0.25) is 0 Å². The van der Waals surface area contributed by atoms with E-state index in [9.17, 15) is 17.4 Å². The molecule has 0 aromatic heterocycles. The van der Waals surface area contributed by atoms with E-state index in [2.05, 4.69) is 11.3 Å². The van der Waals surface area contributed by atoms with Crippen LogP contribution in [0.15, 0.2) is 30.9 Å². The first kappa shape index (κ1) is 19.7. The lowest BCUT2D eigenvalue weighted by Crippen LogP contribution is -2.35. The van der Waals surface area contributed by atoms with Gasteiger partial charge >= 0.3 is 6.18 Å². The SMILES string of the molecule is C=C[C@@H](CC(C)(C)S(=O)NC)c1cc(OC)cc(C(F)(F)F)c1. The second kappa shape index (κ2) is 7.49. The smallest absolute Gasteiger partial charge is 0.416 e. The van der Waals surface area contributed by atoms with E-state index in [0.717, 1.165) is 12.1 Å². The molecule has 0 aliphatic rings. The molecule has 1 rings (SSSR count). The van der Waals surface area contributed by atoms with Gasteiger partial charge in [-0.15, -0.1) is 6.58 Å². The summed E-state index contributed by atoms with van der Waals surface area (Å²) in [5.41, 5.74) is -0.334. The first-order valence-corrected chi connectivity index (χ1v) is 8.18. The fourth-order valence-electron chi connectivity index (χ4n) is 2.34. The predicted octanol–water partition coefficient (Wildman–Crippen LogP) is 4.04. The highest BCUT2D eigenvalue weighted by Gasteiger charge is 2.33. The maximum absolute atomic E-state index is 13.0. The van der Waals surface area contributed by atoms with Gasteiger partial charge in [0.25, 0.3) is 0 Å². The number of ether oxygens (including phenoxy) is 1. The molecule has 0 heterocycles. The van der Waals surface area contributed by atoms with E-state index in [0.29, 0.717) is 12.0 Å². The molecule has 1 N–H and O–H groups in total. The van der Waals surface area contributed by atoms with Crippen LogP contribution in [-0.4, -0.2) is 23.1 Å². The summed E-state index contributed by atoms with van der Waals surface area (Å²) in [6.07, 6.45) is -2.50. The molecule has 1 aromatic carbocycles. The molecule has 0 spiro atoms. The fraction of sp³-hybridized carbons (Fsp3) is 0.500. The third-order valence-corrected chi connectivity index (χ3v) is 5.14. The van der Waals surface area contributed by atoms with E-state index in [1.54, 1.807) is 33.0 Å². The number of rotatable bonds is 7. The van der Waals surface area contributed by atoms with Crippen LogP contribution in [-0.2, 0) is 17.2 Å². The zero-order chi connectivity index (χ0) is 17.8. The van der Waals surface area contributed by atoms with E-state index < -0.39 is 27.5 Å². The van der Waals surface area contributed by atoms with Gasteiger partial charge in [-0.1, -0.05) is 6.08 Å². The maximum Gasteiger partial charge on any atom is 0.416 e. The molecule has 0 bridgehead atoms. The van der Waals surface area contributed by atoms with E-state index in [4.69, 9.17) is 4.74 Å². The Kier molecular flexibility index (Phi) is 6.41. The molecule has 2 atom stereocenters. The summed E-state index contributed by atoms with van der Waals surface area (Å²) < 4.78 is 58.1. The lowest BCUT2D eigenvalue weighted by atomic mass is 9.89. The molecule has 7 heteroatoms. The van der Waals surface area contributed by atoms with Crippen molar-refractivity contribution in [3.05, 3.63) is 42.0 Å². The fourth-order valence-corrected chi connectivity index (χ4v) is 3.22. The summed E-state index contributed by atoms with van der Waals surface area (Å²) in [7, 11) is 1.58. The molecule has 1 unspecified atom stereocenters. The van der Waals surface area contributed by atoms with Gasteiger partial charge < -0.3 is 4.74 Å². The zero-order valence-corrected chi connectivity index (χ0v) is 14.5. The number of methoxy groups -OCH3 is 1. The van der Waals surface area contributed by atoms with Crippen LogP contribution in [0.4, 0.5) is 13.2 Å². The minimum Gasteiger partial charge on any atom is -0.497 e. The molecular weight excluding hydrogens is 327 g/mol. The average molecular weight is 349 g/mol. The lowest BCUT2D eigenvalue weighted by Gasteiger charge is -2.27. The van der Waals surface area contributed by atoms with Gasteiger partial charge in [-0.05, 0) is 51.1 Å². The zero-order valence-electron chi connectivity index (χ0n) is 13.7. The molecule has 1 aromatic rings. The van der Waals surface area contributed by atoms with Crippen molar-refractivity contribution in [3.63, 3.8) is 0 Å². The van der Waals surface area contributed by atoms with Crippen molar-refractivity contribution in [2.45, 2.75) is 37.1 Å². The van der Waals surface area contributed by atoms with Crippen LogP contribution < -0.4 is 9.46 Å². The highest BCUT2D eigenvalue weighted by molar-refractivity contribution is 7.84. The molecule has 23 heavy (non-hydrogen) atoms. The Morgan fingerprint density at radius 1 is 1.35 bits per heavy atom. The summed E-state index contributed by atoms with van der Waals surface area (Å²) in [6, 6.07) is 3.60. The van der Waals surface area contributed by atoms with Gasteiger partial charge in [0.15, 0.2) is 0 Å². The number of hydrogen-bond acceptors (Lipinski definition) is 2. The molecule has 0 saturated heterocycles. The highest BCUT2D eigenvalue weighted by Crippen LogP contribution is 2.37. The molecule has 0 aliphatic heterocycles. The molecule has 3 nitrogen and oxygen atoms in total. The van der Waals surface area contributed by atoms with Crippen molar-refractivity contribution >= 4 is 11.0 Å². The number of halogens is 3. The quantitative estimate of drug-likeness (QED) is 0.755. The summed E-state index contributed by atoms with van der Waals surface area (Å²) in [4.78, 5) is 0. The van der Waals surface area contributed by atoms with Crippen molar-refractivity contribution < 1.29 is 22.1 Å². The number of hydrogen-bond donors (Lipinski definition) is 1. The monoisotopic (exact) mass is 349 g/mol. The normalized spacial score (nSPS) is 15.1. The Morgan fingerprint density at radius 2 is 1.96 bits per heavy atom. The molecule has 0 saturated carbocycles. The number of allylic oxidation sites excluding steroid dienone is 1. The molecule has 130 valence electrons. The third kappa shape index (κ3) is 5.07. The number of benzene rings is 1. The minimum atomic E-state index is -4.46. The van der Waals surface area contributed by atoms with Crippen LogP contribution >= 0.6 is 0 Å². The molecule has 0 radical (unpaired) electrons. The summed E-state index contributed by atoms with van der Waals surface area (Å²) in [6.45, 7) is 7.30. The van der Waals surface area contributed by atoms with E-state index in [1.165, 1.54) is 7.11 Å². The van der Waals surface area contributed by atoms with E-state index in [1.807, 2.05) is 0 Å². The van der Waals surface area contributed by atoms with Gasteiger partial charge in [-0.3, -0.25) is 0 Å². The Hall–Kier alpha value is -1.34. The predicted molar refractivity (Wildman–Crippen MR) is 86.8 cm³/mol. The Labute approximate surface area is 137 Å². The van der Waals surface area contributed by atoms with Gasteiger partial charge in [0.2, 0.25) is 0 Å². The van der Waals surface area contributed by atoms with E-state index >= 15 is 0 Å². The van der Waals surface area contributed by atoms with Crippen LogP contribution in [0.25, 0.3) is 0 Å². The van der Waals surface area contributed by atoms with Gasteiger partial charge in [-0.25, -0.2) is 8.93 Å². The topological polar surface area (TPSA) is 38.3 Å². The van der Waals surface area contributed by atoms with Gasteiger partial charge in [0.05, 0.1) is 28.4 Å². The van der Waals surface area contributed by atoms with Crippen LogP contribution in [0.3, 0.4) is 0 Å². The standard InChI is InChI=1S/C16H22F3NO2S/c1-6-11(10-15(2,3)23(21)20-4)12-7-13(16(17,18)19)9-14(8-12)22-5/h6-9,11,20H,1,10H2,2-5H3/t11-,23?/m0/s1. The van der Waals surface area contributed by atoms with E-state index in [-0.39, 0.29) is 11.7 Å². The van der Waals surface area contributed by atoms with Gasteiger partial charge in [0.1, 0.15) is 5.75 Å². The Bertz CT molecular complexity index is 585. The molecular formula is C16H22F3NO2S. The first-order valence-electron chi connectivity index (χ1n) is 7.03. The summed E-state index contributed by atoms with van der Waals surface area (Å²) >= 11 is 0. The van der Waals surface area contributed by atoms with Crippen LogP contribution in [0.5, 0.6) is 5.75 Å². The average Bonchev–Trinajstić information content (AvgIpc) is 2.50. The Balaban J connectivity index is 3.25. The van der Waals surface area contributed by atoms with Crippen molar-refractivity contribution in [2.24, 2.45) is 0 Å². The Morgan fingerprint density at radius 3 is 2.39 bits per heavy atom. The molecule has 0 aliphatic carbocycles. The maximum atomic E-state index is 13.0. The van der Waals surface area contributed by atoms with Crippen molar-refractivity contribution in [1.82, 2.24) is 4.72 Å². The van der Waals surface area contributed by atoms with Crippen molar-refractivity contribution in [3.8, 4) is 5.75 Å². The third-order valence-electron chi connectivity index (χ3n) is 3.60. The molecule has 0 amide bonds. The van der Waals surface area contributed by atoms with Gasteiger partial charge in [0, 0.05) is 5.92 Å². The minimum absolute atomic E-state index is 0.134.